The first-order valence-corrected chi connectivity index (χ1v) is 5.98. The van der Waals surface area contributed by atoms with Crippen LogP contribution in [0.3, 0.4) is 0 Å². The van der Waals surface area contributed by atoms with E-state index < -0.39 is 5.54 Å². The predicted molar refractivity (Wildman–Crippen MR) is 70.0 cm³/mol. The zero-order valence-corrected chi connectivity index (χ0v) is 11.3. The summed E-state index contributed by atoms with van der Waals surface area (Å²) in [5.74, 6) is 0.670. The minimum absolute atomic E-state index is 0.487. The molecule has 0 amide bonds. The van der Waals surface area contributed by atoms with Gasteiger partial charge in [0.15, 0.2) is 5.82 Å². The number of hydrogen-bond acceptors (Lipinski definition) is 4. The van der Waals surface area contributed by atoms with Gasteiger partial charge in [0.1, 0.15) is 0 Å². The maximum absolute atomic E-state index is 6.43. The van der Waals surface area contributed by atoms with E-state index in [4.69, 9.17) is 5.73 Å². The standard InChI is InChI=1S/C13H19N5/c1-9-5-6-10(2)11(7-9)13(3,14)8-12-15-17-18(4)16-12/h5-7H,8,14H2,1-4H3. The second-order valence-electron chi connectivity index (χ2n) is 5.11. The first kappa shape index (κ1) is 12.7. The number of nitrogens with two attached hydrogens (primary N) is 1. The number of nitrogens with zero attached hydrogens (tertiary/aromatic N) is 4. The molecule has 0 bridgehead atoms. The Labute approximate surface area is 107 Å². The SMILES string of the molecule is Cc1ccc(C)c(C(C)(N)Cc2nnn(C)n2)c1. The Balaban J connectivity index is 2.32. The molecule has 2 aromatic rings. The van der Waals surface area contributed by atoms with Crippen molar-refractivity contribution in [3.8, 4) is 0 Å². The molecule has 0 aliphatic heterocycles. The summed E-state index contributed by atoms with van der Waals surface area (Å²) in [7, 11) is 1.75. The Kier molecular flexibility index (Phi) is 3.17. The summed E-state index contributed by atoms with van der Waals surface area (Å²) in [6.45, 7) is 6.15. The van der Waals surface area contributed by atoms with Gasteiger partial charge in [-0.1, -0.05) is 23.8 Å². The molecule has 1 heterocycles. The highest BCUT2D eigenvalue weighted by molar-refractivity contribution is 5.36. The third kappa shape index (κ3) is 2.56. The van der Waals surface area contributed by atoms with E-state index in [1.165, 1.54) is 15.9 Å². The van der Waals surface area contributed by atoms with Crippen molar-refractivity contribution in [1.82, 2.24) is 20.2 Å². The van der Waals surface area contributed by atoms with Crippen molar-refractivity contribution in [2.24, 2.45) is 12.8 Å². The highest BCUT2D eigenvalue weighted by atomic mass is 15.6. The van der Waals surface area contributed by atoms with Crippen molar-refractivity contribution in [2.75, 3.05) is 0 Å². The lowest BCUT2D eigenvalue weighted by atomic mass is 9.85. The lowest BCUT2D eigenvalue weighted by molar-refractivity contribution is 0.473. The quantitative estimate of drug-likeness (QED) is 0.883. The van der Waals surface area contributed by atoms with Crippen LogP contribution in [0.15, 0.2) is 18.2 Å². The molecule has 5 nitrogen and oxygen atoms in total. The van der Waals surface area contributed by atoms with Crippen molar-refractivity contribution in [3.63, 3.8) is 0 Å². The fraction of sp³-hybridized carbons (Fsp3) is 0.462. The number of tetrazole rings is 1. The van der Waals surface area contributed by atoms with Crippen molar-refractivity contribution in [3.05, 3.63) is 40.7 Å². The second-order valence-corrected chi connectivity index (χ2v) is 5.11. The average Bonchev–Trinajstić information content (AvgIpc) is 2.66. The molecule has 0 aliphatic carbocycles. The second kappa shape index (κ2) is 4.49. The normalized spacial score (nSPS) is 14.5. The van der Waals surface area contributed by atoms with E-state index in [-0.39, 0.29) is 0 Å². The number of benzene rings is 1. The molecule has 0 saturated heterocycles. The lowest BCUT2D eigenvalue weighted by Gasteiger charge is -2.26. The van der Waals surface area contributed by atoms with Crippen LogP contribution in [0.1, 0.15) is 29.4 Å². The summed E-state index contributed by atoms with van der Waals surface area (Å²) in [6.07, 6.45) is 0.575. The van der Waals surface area contributed by atoms with Crippen LogP contribution in [-0.4, -0.2) is 20.2 Å². The van der Waals surface area contributed by atoms with Crippen molar-refractivity contribution in [1.29, 1.82) is 0 Å². The van der Waals surface area contributed by atoms with Crippen LogP contribution in [0.25, 0.3) is 0 Å². The maximum Gasteiger partial charge on any atom is 0.176 e. The first-order chi connectivity index (χ1) is 8.38. The third-order valence-electron chi connectivity index (χ3n) is 3.08. The summed E-state index contributed by atoms with van der Waals surface area (Å²) in [6, 6.07) is 6.32. The third-order valence-corrected chi connectivity index (χ3v) is 3.08. The Morgan fingerprint density at radius 2 is 2.06 bits per heavy atom. The van der Waals surface area contributed by atoms with Crippen LogP contribution in [0.4, 0.5) is 0 Å². The number of aromatic nitrogens is 4. The molecule has 5 heteroatoms. The fourth-order valence-corrected chi connectivity index (χ4v) is 2.17. The summed E-state index contributed by atoms with van der Waals surface area (Å²) in [5.41, 5.74) is 9.48. The van der Waals surface area contributed by atoms with Gasteiger partial charge in [0.05, 0.1) is 7.05 Å². The van der Waals surface area contributed by atoms with Crippen LogP contribution in [0.5, 0.6) is 0 Å². The van der Waals surface area contributed by atoms with Crippen molar-refractivity contribution < 1.29 is 0 Å². The van der Waals surface area contributed by atoms with Gasteiger partial charge in [-0.15, -0.1) is 10.2 Å². The average molecular weight is 245 g/mol. The Morgan fingerprint density at radius 3 is 2.67 bits per heavy atom. The van der Waals surface area contributed by atoms with Crippen LogP contribution >= 0.6 is 0 Å². The molecule has 0 fully saturated rings. The highest BCUT2D eigenvalue weighted by Gasteiger charge is 2.25. The van der Waals surface area contributed by atoms with E-state index in [2.05, 4.69) is 47.5 Å². The van der Waals surface area contributed by atoms with E-state index >= 15 is 0 Å². The maximum atomic E-state index is 6.43. The highest BCUT2D eigenvalue weighted by Crippen LogP contribution is 2.25. The Bertz CT molecular complexity index is 556. The monoisotopic (exact) mass is 245 g/mol. The number of aryl methyl sites for hydroxylation is 3. The van der Waals surface area contributed by atoms with Gasteiger partial charge in [0, 0.05) is 12.0 Å². The summed E-state index contributed by atoms with van der Waals surface area (Å²) in [5, 5.41) is 12.0. The number of hydrogen-bond donors (Lipinski definition) is 1. The lowest BCUT2D eigenvalue weighted by Crippen LogP contribution is -2.36. The largest absolute Gasteiger partial charge is 0.321 e. The molecule has 1 unspecified atom stereocenters. The van der Waals surface area contributed by atoms with Gasteiger partial charge in [0.2, 0.25) is 0 Å². The van der Waals surface area contributed by atoms with Gasteiger partial charge < -0.3 is 5.73 Å². The van der Waals surface area contributed by atoms with E-state index in [9.17, 15) is 0 Å². The molecule has 0 radical (unpaired) electrons. The molecule has 2 N–H and O–H groups in total. The zero-order chi connectivity index (χ0) is 13.3. The molecule has 0 saturated carbocycles. The van der Waals surface area contributed by atoms with Crippen LogP contribution < -0.4 is 5.73 Å². The predicted octanol–water partition coefficient (Wildman–Crippen LogP) is 1.24. The smallest absolute Gasteiger partial charge is 0.176 e. The van der Waals surface area contributed by atoms with Crippen LogP contribution in [0.2, 0.25) is 0 Å². The summed E-state index contributed by atoms with van der Waals surface area (Å²) >= 11 is 0. The zero-order valence-electron chi connectivity index (χ0n) is 11.3. The first-order valence-electron chi connectivity index (χ1n) is 5.98. The van der Waals surface area contributed by atoms with Crippen LogP contribution in [-0.2, 0) is 19.0 Å². The molecule has 0 spiro atoms. The van der Waals surface area contributed by atoms with Gasteiger partial charge >= 0.3 is 0 Å². The minimum Gasteiger partial charge on any atom is -0.321 e. The molecule has 0 aliphatic rings. The summed E-state index contributed by atoms with van der Waals surface area (Å²) in [4.78, 5) is 1.45. The van der Waals surface area contributed by atoms with E-state index in [1.807, 2.05) is 6.92 Å². The van der Waals surface area contributed by atoms with Gasteiger partial charge in [-0.25, -0.2) is 0 Å². The topological polar surface area (TPSA) is 69.6 Å². The molecular formula is C13H19N5. The van der Waals surface area contributed by atoms with E-state index in [0.29, 0.717) is 12.2 Å². The van der Waals surface area contributed by atoms with Gasteiger partial charge in [-0.3, -0.25) is 0 Å². The molecule has 1 atom stereocenters. The molecule has 96 valence electrons. The van der Waals surface area contributed by atoms with E-state index in [0.717, 1.165) is 5.56 Å². The van der Waals surface area contributed by atoms with Crippen LogP contribution in [0, 0.1) is 13.8 Å². The summed E-state index contributed by atoms with van der Waals surface area (Å²) < 4.78 is 0. The minimum atomic E-state index is -0.487. The molecule has 1 aromatic carbocycles. The Hall–Kier alpha value is -1.75. The van der Waals surface area contributed by atoms with Crippen molar-refractivity contribution >= 4 is 0 Å². The van der Waals surface area contributed by atoms with Gasteiger partial charge in [-0.2, -0.15) is 4.80 Å². The van der Waals surface area contributed by atoms with E-state index in [1.54, 1.807) is 7.05 Å². The fourth-order valence-electron chi connectivity index (χ4n) is 2.17. The van der Waals surface area contributed by atoms with Gasteiger partial charge in [-0.05, 0) is 37.1 Å². The van der Waals surface area contributed by atoms with Crippen molar-refractivity contribution in [2.45, 2.75) is 32.7 Å². The molecule has 18 heavy (non-hydrogen) atoms. The molecular weight excluding hydrogens is 226 g/mol. The van der Waals surface area contributed by atoms with Gasteiger partial charge in [0.25, 0.3) is 0 Å². The Morgan fingerprint density at radius 1 is 1.33 bits per heavy atom. The number of rotatable bonds is 3. The molecule has 1 aromatic heterocycles. The molecule has 2 rings (SSSR count).